The SMILES string of the molecule is CC(=O)NCSC[C@@H](NC(=O)OC(C)(C)C)C(=O)NCC(=O)OCc1ccccc1. The van der Waals surface area contributed by atoms with Gasteiger partial charge >= 0.3 is 12.1 Å². The maximum absolute atomic E-state index is 12.5. The van der Waals surface area contributed by atoms with Gasteiger partial charge in [0.1, 0.15) is 24.8 Å². The van der Waals surface area contributed by atoms with E-state index in [1.165, 1.54) is 18.7 Å². The van der Waals surface area contributed by atoms with E-state index in [1.54, 1.807) is 20.8 Å². The first-order valence-electron chi connectivity index (χ1n) is 9.36. The van der Waals surface area contributed by atoms with Crippen LogP contribution < -0.4 is 16.0 Å². The molecule has 166 valence electrons. The lowest BCUT2D eigenvalue weighted by molar-refractivity contribution is -0.145. The average molecular weight is 440 g/mol. The number of carbonyl (C=O) groups excluding carboxylic acids is 4. The van der Waals surface area contributed by atoms with Crippen LogP contribution in [0.15, 0.2) is 30.3 Å². The van der Waals surface area contributed by atoms with Crippen LogP contribution >= 0.6 is 11.8 Å². The molecule has 0 aromatic heterocycles. The van der Waals surface area contributed by atoms with E-state index in [0.717, 1.165) is 5.56 Å². The van der Waals surface area contributed by atoms with Crippen LogP contribution in [0.5, 0.6) is 0 Å². The summed E-state index contributed by atoms with van der Waals surface area (Å²) in [6.07, 6.45) is -0.755. The van der Waals surface area contributed by atoms with Crippen LogP contribution in [0.25, 0.3) is 0 Å². The number of thioether (sulfide) groups is 1. The molecular formula is C20H29N3O6S. The van der Waals surface area contributed by atoms with E-state index in [0.29, 0.717) is 0 Å². The first-order valence-corrected chi connectivity index (χ1v) is 10.5. The van der Waals surface area contributed by atoms with Gasteiger partial charge < -0.3 is 25.4 Å². The van der Waals surface area contributed by atoms with Gasteiger partial charge in [-0.15, -0.1) is 11.8 Å². The molecule has 0 aliphatic rings. The molecule has 3 N–H and O–H groups in total. The van der Waals surface area contributed by atoms with Crippen LogP contribution in [-0.4, -0.2) is 53.7 Å². The van der Waals surface area contributed by atoms with Crippen molar-refractivity contribution < 1.29 is 28.7 Å². The Labute approximate surface area is 180 Å². The molecule has 30 heavy (non-hydrogen) atoms. The molecule has 0 aliphatic carbocycles. The lowest BCUT2D eigenvalue weighted by atomic mass is 10.2. The standard InChI is InChI=1S/C20H29N3O6S/c1-14(24)22-13-30-12-16(23-19(27)29-20(2,3)4)18(26)21-10-17(25)28-11-15-8-6-5-7-9-15/h5-9,16H,10-13H2,1-4H3,(H,21,26)(H,22,24)(H,23,27)/t16-/m1/s1. The van der Waals surface area contributed by atoms with Crippen molar-refractivity contribution >= 4 is 35.6 Å². The van der Waals surface area contributed by atoms with Gasteiger partial charge in [-0.05, 0) is 26.3 Å². The zero-order valence-corrected chi connectivity index (χ0v) is 18.5. The first-order chi connectivity index (χ1) is 14.1. The van der Waals surface area contributed by atoms with E-state index in [4.69, 9.17) is 9.47 Å². The van der Waals surface area contributed by atoms with Crippen molar-refractivity contribution in [3.05, 3.63) is 35.9 Å². The summed E-state index contributed by atoms with van der Waals surface area (Å²) < 4.78 is 10.3. The van der Waals surface area contributed by atoms with E-state index in [2.05, 4.69) is 16.0 Å². The Morgan fingerprint density at radius 3 is 2.33 bits per heavy atom. The highest BCUT2D eigenvalue weighted by molar-refractivity contribution is 7.99. The summed E-state index contributed by atoms with van der Waals surface area (Å²) in [5.74, 6) is -0.926. The van der Waals surface area contributed by atoms with Crippen molar-refractivity contribution in [3.63, 3.8) is 0 Å². The molecule has 0 fully saturated rings. The minimum atomic E-state index is -0.958. The number of amides is 3. The Balaban J connectivity index is 2.53. The smallest absolute Gasteiger partial charge is 0.408 e. The Bertz CT molecular complexity index is 721. The molecule has 9 nitrogen and oxygen atoms in total. The van der Waals surface area contributed by atoms with Gasteiger partial charge in [0.15, 0.2) is 0 Å². The molecule has 0 saturated heterocycles. The summed E-state index contributed by atoms with van der Waals surface area (Å²) in [5, 5.41) is 7.52. The van der Waals surface area contributed by atoms with E-state index in [-0.39, 0.29) is 30.7 Å². The van der Waals surface area contributed by atoms with Crippen LogP contribution in [-0.2, 0) is 30.5 Å². The zero-order chi connectivity index (χ0) is 22.6. The van der Waals surface area contributed by atoms with Crippen molar-refractivity contribution in [2.24, 2.45) is 0 Å². The fraction of sp³-hybridized carbons (Fsp3) is 0.500. The topological polar surface area (TPSA) is 123 Å². The molecule has 0 bridgehead atoms. The van der Waals surface area contributed by atoms with Crippen LogP contribution in [0.4, 0.5) is 4.79 Å². The third-order valence-corrected chi connectivity index (χ3v) is 4.28. The van der Waals surface area contributed by atoms with Crippen molar-refractivity contribution in [2.45, 2.75) is 45.9 Å². The Hall–Kier alpha value is -2.75. The van der Waals surface area contributed by atoms with E-state index < -0.39 is 29.6 Å². The number of hydrogen-bond donors (Lipinski definition) is 3. The van der Waals surface area contributed by atoms with Gasteiger partial charge in [0.25, 0.3) is 0 Å². The molecule has 0 radical (unpaired) electrons. The number of alkyl carbamates (subject to hydrolysis) is 1. The summed E-state index contributed by atoms with van der Waals surface area (Å²) in [6, 6.07) is 8.19. The molecule has 0 aliphatic heterocycles. The monoisotopic (exact) mass is 439 g/mol. The zero-order valence-electron chi connectivity index (χ0n) is 17.7. The third-order valence-electron chi connectivity index (χ3n) is 3.36. The summed E-state index contributed by atoms with van der Waals surface area (Å²) in [7, 11) is 0. The van der Waals surface area contributed by atoms with Crippen LogP contribution in [0.1, 0.15) is 33.3 Å². The maximum Gasteiger partial charge on any atom is 0.408 e. The third kappa shape index (κ3) is 11.9. The minimum Gasteiger partial charge on any atom is -0.460 e. The quantitative estimate of drug-likeness (QED) is 0.287. The molecule has 1 aromatic rings. The van der Waals surface area contributed by atoms with Crippen LogP contribution in [0.2, 0.25) is 0 Å². The van der Waals surface area contributed by atoms with Gasteiger partial charge in [-0.3, -0.25) is 14.4 Å². The second-order valence-corrected chi connectivity index (χ2v) is 8.34. The van der Waals surface area contributed by atoms with Crippen molar-refractivity contribution in [3.8, 4) is 0 Å². The molecule has 0 unspecified atom stereocenters. The van der Waals surface area contributed by atoms with Gasteiger partial charge in [-0.1, -0.05) is 30.3 Å². The van der Waals surface area contributed by atoms with Gasteiger partial charge in [0.05, 0.1) is 5.88 Å². The number of rotatable bonds is 10. The van der Waals surface area contributed by atoms with Crippen LogP contribution in [0, 0.1) is 0 Å². The second kappa shape index (κ2) is 12.7. The summed E-state index contributed by atoms with van der Waals surface area (Å²) >= 11 is 1.24. The Morgan fingerprint density at radius 2 is 1.73 bits per heavy atom. The predicted octanol–water partition coefficient (Wildman–Crippen LogP) is 1.57. The second-order valence-electron chi connectivity index (χ2n) is 7.31. The number of nitrogens with one attached hydrogen (secondary N) is 3. The molecule has 1 atom stereocenters. The number of carbonyl (C=O) groups is 4. The largest absolute Gasteiger partial charge is 0.460 e. The predicted molar refractivity (Wildman–Crippen MR) is 114 cm³/mol. The maximum atomic E-state index is 12.5. The lowest BCUT2D eigenvalue weighted by Crippen LogP contribution is -2.50. The van der Waals surface area contributed by atoms with Gasteiger partial charge in [-0.2, -0.15) is 0 Å². The van der Waals surface area contributed by atoms with Crippen molar-refractivity contribution in [1.29, 1.82) is 0 Å². The Morgan fingerprint density at radius 1 is 1.07 bits per heavy atom. The molecule has 0 heterocycles. The summed E-state index contributed by atoms with van der Waals surface area (Å²) in [5.41, 5.74) is 0.103. The number of hydrogen-bond acceptors (Lipinski definition) is 7. The summed E-state index contributed by atoms with van der Waals surface area (Å²) in [6.45, 7) is 6.25. The van der Waals surface area contributed by atoms with E-state index in [9.17, 15) is 19.2 Å². The molecular weight excluding hydrogens is 410 g/mol. The van der Waals surface area contributed by atoms with Gasteiger partial charge in [-0.25, -0.2) is 4.79 Å². The molecule has 1 rings (SSSR count). The van der Waals surface area contributed by atoms with E-state index >= 15 is 0 Å². The number of ether oxygens (including phenoxy) is 2. The average Bonchev–Trinajstić information content (AvgIpc) is 2.66. The molecule has 0 saturated carbocycles. The fourth-order valence-corrected chi connectivity index (χ4v) is 2.93. The molecule has 1 aromatic carbocycles. The number of benzene rings is 1. The highest BCUT2D eigenvalue weighted by atomic mass is 32.2. The molecule has 3 amide bonds. The summed E-state index contributed by atoms with van der Waals surface area (Å²) in [4.78, 5) is 47.3. The van der Waals surface area contributed by atoms with Crippen LogP contribution in [0.3, 0.4) is 0 Å². The minimum absolute atomic E-state index is 0.0989. The lowest BCUT2D eigenvalue weighted by Gasteiger charge is -2.23. The molecule has 0 spiro atoms. The van der Waals surface area contributed by atoms with Gasteiger partial charge in [0.2, 0.25) is 11.8 Å². The molecule has 10 heteroatoms. The van der Waals surface area contributed by atoms with E-state index in [1.807, 2.05) is 30.3 Å². The Kier molecular flexibility index (Phi) is 10.7. The van der Waals surface area contributed by atoms with Crippen molar-refractivity contribution in [1.82, 2.24) is 16.0 Å². The first kappa shape index (κ1) is 25.3. The number of esters is 1. The van der Waals surface area contributed by atoms with Gasteiger partial charge in [0, 0.05) is 12.7 Å². The fourth-order valence-electron chi connectivity index (χ4n) is 2.03. The highest BCUT2D eigenvalue weighted by Crippen LogP contribution is 2.08. The highest BCUT2D eigenvalue weighted by Gasteiger charge is 2.25. The van der Waals surface area contributed by atoms with Crippen molar-refractivity contribution in [2.75, 3.05) is 18.2 Å². The normalized spacial score (nSPS) is 11.7.